The van der Waals surface area contributed by atoms with E-state index < -0.39 is 41.0 Å². The van der Waals surface area contributed by atoms with Gasteiger partial charge in [-0.15, -0.1) is 0 Å². The molecule has 2 atom stereocenters. The largest absolute Gasteiger partial charge is 0.443 e. The lowest BCUT2D eigenvalue weighted by molar-refractivity contribution is -0.484. The van der Waals surface area contributed by atoms with Gasteiger partial charge in [-0.25, -0.2) is 9.69 Å². The Morgan fingerprint density at radius 2 is 1.92 bits per heavy atom. The standard InChI is InChI=1S/C18H22N2O5/c1-12-5-7-13(8-6-12)14(11-19(23)24)15-9-10-16(21)20(15)17(22)25-18(2,3)4/h5-10,14-15H,11H2,1-4H3/t14-,15+/m1/s1. The molecule has 1 aliphatic heterocycles. The number of carbonyl (C=O) groups is 2. The van der Waals surface area contributed by atoms with Crippen molar-refractivity contribution < 1.29 is 19.2 Å². The summed E-state index contributed by atoms with van der Waals surface area (Å²) < 4.78 is 5.29. The molecule has 0 saturated carbocycles. The zero-order valence-electron chi connectivity index (χ0n) is 14.8. The van der Waals surface area contributed by atoms with Crippen LogP contribution in [0.4, 0.5) is 4.79 Å². The smallest absolute Gasteiger partial charge is 0.417 e. The van der Waals surface area contributed by atoms with Gasteiger partial charge in [-0.05, 0) is 33.3 Å². The van der Waals surface area contributed by atoms with E-state index in [1.807, 2.05) is 19.1 Å². The van der Waals surface area contributed by atoms with E-state index in [1.54, 1.807) is 32.9 Å². The van der Waals surface area contributed by atoms with Gasteiger partial charge < -0.3 is 4.74 Å². The molecule has 0 N–H and O–H groups in total. The minimum atomic E-state index is -0.798. The first-order chi connectivity index (χ1) is 11.6. The van der Waals surface area contributed by atoms with E-state index in [4.69, 9.17) is 4.74 Å². The number of imide groups is 1. The molecule has 0 aliphatic carbocycles. The normalized spacial score (nSPS) is 18.3. The average molecular weight is 346 g/mol. The lowest BCUT2D eigenvalue weighted by atomic mass is 9.90. The second kappa shape index (κ2) is 7.04. The third-order valence-electron chi connectivity index (χ3n) is 3.83. The maximum atomic E-state index is 12.4. The molecule has 7 nitrogen and oxygen atoms in total. The molecule has 1 aromatic carbocycles. The molecule has 7 heteroatoms. The Morgan fingerprint density at radius 3 is 2.44 bits per heavy atom. The van der Waals surface area contributed by atoms with Gasteiger partial charge in [-0.1, -0.05) is 35.9 Å². The van der Waals surface area contributed by atoms with Crippen LogP contribution < -0.4 is 0 Å². The summed E-state index contributed by atoms with van der Waals surface area (Å²) in [5, 5.41) is 11.2. The van der Waals surface area contributed by atoms with Gasteiger partial charge in [0.15, 0.2) is 0 Å². The number of amides is 2. The summed E-state index contributed by atoms with van der Waals surface area (Å²) in [5.74, 6) is -1.18. The van der Waals surface area contributed by atoms with Crippen molar-refractivity contribution in [1.29, 1.82) is 0 Å². The first kappa shape index (κ1) is 18.6. The van der Waals surface area contributed by atoms with Crippen LogP contribution >= 0.6 is 0 Å². The molecule has 0 radical (unpaired) electrons. The van der Waals surface area contributed by atoms with Crippen LogP contribution in [-0.4, -0.2) is 40.0 Å². The highest BCUT2D eigenvalue weighted by Gasteiger charge is 2.41. The number of carbonyl (C=O) groups excluding carboxylic acids is 2. The Bertz CT molecular complexity index is 703. The highest BCUT2D eigenvalue weighted by molar-refractivity contribution is 6.01. The van der Waals surface area contributed by atoms with Gasteiger partial charge in [0.2, 0.25) is 6.54 Å². The molecule has 0 unspecified atom stereocenters. The Balaban J connectivity index is 2.35. The number of hydrogen-bond donors (Lipinski definition) is 0. The van der Waals surface area contributed by atoms with Crippen LogP contribution in [0.2, 0.25) is 0 Å². The highest BCUT2D eigenvalue weighted by Crippen LogP contribution is 2.30. The molecule has 1 heterocycles. The van der Waals surface area contributed by atoms with Crippen LogP contribution in [0.3, 0.4) is 0 Å². The minimum absolute atomic E-state index is 0.398. The number of nitro groups is 1. The average Bonchev–Trinajstić information content (AvgIpc) is 2.85. The number of ether oxygens (including phenoxy) is 1. The Labute approximate surface area is 146 Å². The predicted molar refractivity (Wildman–Crippen MR) is 91.8 cm³/mol. The first-order valence-electron chi connectivity index (χ1n) is 8.01. The molecular weight excluding hydrogens is 324 g/mol. The molecule has 0 saturated heterocycles. The van der Waals surface area contributed by atoms with Gasteiger partial charge in [0.1, 0.15) is 5.60 Å². The molecule has 25 heavy (non-hydrogen) atoms. The van der Waals surface area contributed by atoms with Crippen molar-refractivity contribution in [3.05, 3.63) is 57.7 Å². The van der Waals surface area contributed by atoms with Crippen LogP contribution in [0.1, 0.15) is 37.8 Å². The van der Waals surface area contributed by atoms with E-state index in [0.717, 1.165) is 10.5 Å². The summed E-state index contributed by atoms with van der Waals surface area (Å²) in [6.07, 6.45) is 1.99. The number of aryl methyl sites for hydroxylation is 1. The van der Waals surface area contributed by atoms with Crippen molar-refractivity contribution in [3.63, 3.8) is 0 Å². The fourth-order valence-electron chi connectivity index (χ4n) is 2.72. The fraction of sp³-hybridized carbons (Fsp3) is 0.444. The van der Waals surface area contributed by atoms with Crippen LogP contribution in [-0.2, 0) is 9.53 Å². The van der Waals surface area contributed by atoms with Crippen molar-refractivity contribution in [3.8, 4) is 0 Å². The maximum absolute atomic E-state index is 12.4. The van der Waals surface area contributed by atoms with E-state index in [-0.39, 0.29) is 0 Å². The molecule has 2 rings (SSSR count). The van der Waals surface area contributed by atoms with Crippen molar-refractivity contribution in [2.24, 2.45) is 0 Å². The molecular formula is C18H22N2O5. The molecule has 0 fully saturated rings. The summed E-state index contributed by atoms with van der Waals surface area (Å²) in [7, 11) is 0. The molecule has 0 bridgehead atoms. The van der Waals surface area contributed by atoms with Crippen LogP contribution in [0.15, 0.2) is 36.4 Å². The summed E-state index contributed by atoms with van der Waals surface area (Å²) in [6.45, 7) is 6.61. The molecule has 1 aliphatic rings. The lowest BCUT2D eigenvalue weighted by Crippen LogP contribution is -2.46. The number of nitrogens with zero attached hydrogens (tertiary/aromatic N) is 2. The summed E-state index contributed by atoms with van der Waals surface area (Å²) >= 11 is 0. The third kappa shape index (κ3) is 4.65. The zero-order valence-corrected chi connectivity index (χ0v) is 14.8. The van der Waals surface area contributed by atoms with E-state index >= 15 is 0 Å². The summed E-state index contributed by atoms with van der Waals surface area (Å²) in [6, 6.07) is 6.51. The Kier molecular flexibility index (Phi) is 5.25. The Morgan fingerprint density at radius 1 is 1.32 bits per heavy atom. The summed E-state index contributed by atoms with van der Waals surface area (Å²) in [5.41, 5.74) is 0.943. The number of benzene rings is 1. The molecule has 0 aromatic heterocycles. The predicted octanol–water partition coefficient (Wildman–Crippen LogP) is 3.06. The van der Waals surface area contributed by atoms with Crippen molar-refractivity contribution >= 4 is 12.0 Å². The van der Waals surface area contributed by atoms with Gasteiger partial charge in [0, 0.05) is 11.0 Å². The number of rotatable bonds is 4. The SMILES string of the molecule is Cc1ccc([C@@H](C[N+](=O)[O-])[C@@H]2C=CC(=O)N2C(=O)OC(C)(C)C)cc1. The van der Waals surface area contributed by atoms with Gasteiger partial charge in [0.05, 0.1) is 12.0 Å². The second-order valence-corrected chi connectivity index (χ2v) is 7.07. The Hall–Kier alpha value is -2.70. The molecule has 0 spiro atoms. The monoisotopic (exact) mass is 346 g/mol. The molecule has 1 aromatic rings. The number of hydrogen-bond acceptors (Lipinski definition) is 5. The minimum Gasteiger partial charge on any atom is -0.443 e. The van der Waals surface area contributed by atoms with Crippen molar-refractivity contribution in [1.82, 2.24) is 4.90 Å². The highest BCUT2D eigenvalue weighted by atomic mass is 16.6. The van der Waals surface area contributed by atoms with E-state index in [2.05, 4.69) is 0 Å². The maximum Gasteiger partial charge on any atom is 0.417 e. The summed E-state index contributed by atoms with van der Waals surface area (Å²) in [4.78, 5) is 36.3. The second-order valence-electron chi connectivity index (χ2n) is 7.07. The van der Waals surface area contributed by atoms with Gasteiger partial charge >= 0.3 is 6.09 Å². The van der Waals surface area contributed by atoms with Crippen molar-refractivity contribution in [2.45, 2.75) is 45.3 Å². The first-order valence-corrected chi connectivity index (χ1v) is 8.01. The van der Waals surface area contributed by atoms with E-state index in [1.165, 1.54) is 12.2 Å². The van der Waals surface area contributed by atoms with Crippen molar-refractivity contribution in [2.75, 3.05) is 6.54 Å². The van der Waals surface area contributed by atoms with Gasteiger partial charge in [-0.3, -0.25) is 14.9 Å². The quantitative estimate of drug-likeness (QED) is 0.617. The van der Waals surface area contributed by atoms with E-state index in [0.29, 0.717) is 5.56 Å². The zero-order chi connectivity index (χ0) is 18.8. The molecule has 2 amide bonds. The molecule has 134 valence electrons. The fourth-order valence-corrected chi connectivity index (χ4v) is 2.72. The van der Waals surface area contributed by atoms with Gasteiger partial charge in [0.25, 0.3) is 5.91 Å². The van der Waals surface area contributed by atoms with Crippen LogP contribution in [0.5, 0.6) is 0 Å². The third-order valence-corrected chi connectivity index (χ3v) is 3.83. The lowest BCUT2D eigenvalue weighted by Gasteiger charge is -2.30. The van der Waals surface area contributed by atoms with Crippen LogP contribution in [0.25, 0.3) is 0 Å². The van der Waals surface area contributed by atoms with Crippen LogP contribution in [0, 0.1) is 17.0 Å². The van der Waals surface area contributed by atoms with E-state index in [9.17, 15) is 19.7 Å². The van der Waals surface area contributed by atoms with Gasteiger partial charge in [-0.2, -0.15) is 0 Å². The topological polar surface area (TPSA) is 89.8 Å².